The Balaban J connectivity index is 2.19. The van der Waals surface area contributed by atoms with Crippen LogP contribution in [0.25, 0.3) is 0 Å². The number of aliphatic carboxylic acids is 1. The fourth-order valence-corrected chi connectivity index (χ4v) is 2.05. The van der Waals surface area contributed by atoms with Gasteiger partial charge < -0.3 is 25.6 Å². The molecule has 18 heavy (non-hydrogen) atoms. The second kappa shape index (κ2) is 5.24. The van der Waals surface area contributed by atoms with Crippen molar-refractivity contribution in [2.45, 2.75) is 18.5 Å². The summed E-state index contributed by atoms with van der Waals surface area (Å²) in [5, 5.41) is 11.8. The minimum Gasteiger partial charge on any atom is -0.481 e. The maximum absolute atomic E-state index is 10.7. The first kappa shape index (κ1) is 12.7. The zero-order valence-electron chi connectivity index (χ0n) is 10.1. The monoisotopic (exact) mass is 252 g/mol. The van der Waals surface area contributed by atoms with Crippen LogP contribution in [-0.4, -0.2) is 31.0 Å². The molecule has 0 radical (unpaired) electrons. The molecule has 0 saturated carbocycles. The molecule has 1 aromatic rings. The molecular weight excluding hydrogens is 236 g/mol. The van der Waals surface area contributed by atoms with Gasteiger partial charge in [0.25, 0.3) is 0 Å². The van der Waals surface area contributed by atoms with Gasteiger partial charge >= 0.3 is 5.97 Å². The zero-order valence-corrected chi connectivity index (χ0v) is 10.1. The summed E-state index contributed by atoms with van der Waals surface area (Å²) < 4.78 is 10.5. The smallest absolute Gasteiger partial charge is 0.304 e. The molecule has 0 aliphatic carbocycles. The number of ether oxygens (including phenoxy) is 2. The van der Waals surface area contributed by atoms with Crippen molar-refractivity contribution in [1.29, 1.82) is 0 Å². The lowest BCUT2D eigenvalue weighted by molar-refractivity contribution is -0.137. The predicted molar refractivity (Wildman–Crippen MR) is 64.6 cm³/mol. The van der Waals surface area contributed by atoms with E-state index in [1.807, 2.05) is 12.1 Å². The van der Waals surface area contributed by atoms with Gasteiger partial charge in [0.1, 0.15) is 0 Å². The lowest BCUT2D eigenvalue weighted by Crippen LogP contribution is -2.37. The van der Waals surface area contributed by atoms with E-state index in [0.29, 0.717) is 11.5 Å². The Morgan fingerprint density at radius 1 is 1.50 bits per heavy atom. The van der Waals surface area contributed by atoms with Crippen molar-refractivity contribution in [2.75, 3.05) is 13.8 Å². The van der Waals surface area contributed by atoms with Gasteiger partial charge in [0.2, 0.25) is 6.79 Å². The summed E-state index contributed by atoms with van der Waals surface area (Å²) in [7, 11) is 1.75. The third-order valence-corrected chi connectivity index (χ3v) is 2.91. The van der Waals surface area contributed by atoms with Crippen LogP contribution in [-0.2, 0) is 4.79 Å². The summed E-state index contributed by atoms with van der Waals surface area (Å²) >= 11 is 0. The van der Waals surface area contributed by atoms with Gasteiger partial charge in [0.15, 0.2) is 11.5 Å². The fraction of sp³-hybridized carbons (Fsp3) is 0.417. The third-order valence-electron chi connectivity index (χ3n) is 2.91. The van der Waals surface area contributed by atoms with Gasteiger partial charge in [0, 0.05) is 12.1 Å². The summed E-state index contributed by atoms with van der Waals surface area (Å²) in [6.07, 6.45) is -0.0973. The number of likely N-dealkylation sites (N-methyl/N-ethyl adjacent to an activating group) is 1. The predicted octanol–water partition coefficient (Wildman–Crippen LogP) is 0.478. The highest BCUT2D eigenvalue weighted by Gasteiger charge is 2.23. The summed E-state index contributed by atoms with van der Waals surface area (Å²) in [6.45, 7) is 0.212. The molecule has 2 rings (SSSR count). The molecule has 0 aromatic heterocycles. The van der Waals surface area contributed by atoms with Crippen molar-refractivity contribution in [1.82, 2.24) is 5.32 Å². The fourth-order valence-electron chi connectivity index (χ4n) is 2.05. The largest absolute Gasteiger partial charge is 0.481 e. The number of nitrogens with one attached hydrogen (secondary N) is 1. The molecule has 0 bridgehead atoms. The first-order valence-corrected chi connectivity index (χ1v) is 5.66. The number of hydrogen-bond acceptors (Lipinski definition) is 5. The maximum Gasteiger partial charge on any atom is 0.304 e. The number of nitrogens with two attached hydrogens (primary N) is 1. The standard InChI is InChI=1S/C12H16N2O4/c1-14-12(8(13)5-11(15)16)7-2-3-9-10(4-7)18-6-17-9/h2-4,8,12,14H,5-6,13H2,1H3,(H,15,16). The second-order valence-corrected chi connectivity index (χ2v) is 4.14. The summed E-state index contributed by atoms with van der Waals surface area (Å²) in [5.41, 5.74) is 6.78. The van der Waals surface area contributed by atoms with Crippen molar-refractivity contribution in [3.63, 3.8) is 0 Å². The molecule has 0 saturated heterocycles. The molecule has 98 valence electrons. The number of hydrogen-bond donors (Lipinski definition) is 3. The van der Waals surface area contributed by atoms with Crippen molar-refractivity contribution < 1.29 is 19.4 Å². The van der Waals surface area contributed by atoms with Crippen LogP contribution >= 0.6 is 0 Å². The Bertz CT molecular complexity index is 450. The number of carboxylic acids is 1. The van der Waals surface area contributed by atoms with Crippen molar-refractivity contribution in [3.05, 3.63) is 23.8 Å². The Morgan fingerprint density at radius 2 is 2.22 bits per heavy atom. The van der Waals surface area contributed by atoms with Gasteiger partial charge in [0.05, 0.1) is 6.42 Å². The van der Waals surface area contributed by atoms with Gasteiger partial charge in [-0.15, -0.1) is 0 Å². The van der Waals surface area contributed by atoms with Crippen molar-refractivity contribution in [3.8, 4) is 11.5 Å². The van der Waals surface area contributed by atoms with Crippen molar-refractivity contribution >= 4 is 5.97 Å². The molecule has 2 unspecified atom stereocenters. The normalized spacial score (nSPS) is 16.3. The van der Waals surface area contributed by atoms with E-state index in [1.165, 1.54) is 0 Å². The van der Waals surface area contributed by atoms with E-state index in [2.05, 4.69) is 5.32 Å². The van der Waals surface area contributed by atoms with Gasteiger partial charge in [-0.05, 0) is 24.7 Å². The van der Waals surface area contributed by atoms with E-state index in [4.69, 9.17) is 20.3 Å². The summed E-state index contributed by atoms with van der Waals surface area (Å²) in [5.74, 6) is 0.444. The van der Waals surface area contributed by atoms with Crippen LogP contribution in [0.4, 0.5) is 0 Å². The highest BCUT2D eigenvalue weighted by Crippen LogP contribution is 2.34. The topological polar surface area (TPSA) is 93.8 Å². The lowest BCUT2D eigenvalue weighted by Gasteiger charge is -2.22. The molecular formula is C12H16N2O4. The van der Waals surface area contributed by atoms with Gasteiger partial charge in [-0.1, -0.05) is 6.07 Å². The number of fused-ring (bicyclic) bond motifs is 1. The number of benzene rings is 1. The van der Waals surface area contributed by atoms with E-state index < -0.39 is 12.0 Å². The Labute approximate surface area is 105 Å². The molecule has 0 spiro atoms. The SMILES string of the molecule is CNC(c1ccc2c(c1)OCO2)C(N)CC(=O)O. The molecule has 4 N–H and O–H groups in total. The molecule has 0 amide bonds. The van der Waals surface area contributed by atoms with E-state index in [0.717, 1.165) is 5.56 Å². The van der Waals surface area contributed by atoms with Crippen LogP contribution in [0, 0.1) is 0 Å². The Hall–Kier alpha value is -1.79. The molecule has 1 aliphatic heterocycles. The minimum absolute atomic E-state index is 0.0973. The Kier molecular flexibility index (Phi) is 3.69. The summed E-state index contributed by atoms with van der Waals surface area (Å²) in [6, 6.07) is 4.74. The van der Waals surface area contributed by atoms with Crippen LogP contribution in [0.2, 0.25) is 0 Å². The maximum atomic E-state index is 10.7. The van der Waals surface area contributed by atoms with Crippen LogP contribution in [0.3, 0.4) is 0 Å². The van der Waals surface area contributed by atoms with Crippen molar-refractivity contribution in [2.24, 2.45) is 5.73 Å². The molecule has 0 fully saturated rings. The number of carboxylic acid groups (broad SMARTS) is 1. The number of rotatable bonds is 5. The van der Waals surface area contributed by atoms with E-state index >= 15 is 0 Å². The van der Waals surface area contributed by atoms with Crippen LogP contribution in [0.15, 0.2) is 18.2 Å². The van der Waals surface area contributed by atoms with Gasteiger partial charge in [-0.3, -0.25) is 4.79 Å². The quantitative estimate of drug-likeness (QED) is 0.705. The van der Waals surface area contributed by atoms with E-state index in [1.54, 1.807) is 13.1 Å². The second-order valence-electron chi connectivity index (χ2n) is 4.14. The molecule has 6 nitrogen and oxygen atoms in total. The van der Waals surface area contributed by atoms with Crippen LogP contribution < -0.4 is 20.5 Å². The summed E-state index contributed by atoms with van der Waals surface area (Å²) in [4.78, 5) is 10.7. The molecule has 1 aliphatic rings. The first-order valence-electron chi connectivity index (χ1n) is 5.66. The third kappa shape index (κ3) is 2.55. The van der Waals surface area contributed by atoms with Crippen LogP contribution in [0.1, 0.15) is 18.0 Å². The minimum atomic E-state index is -0.913. The molecule has 2 atom stereocenters. The van der Waals surface area contributed by atoms with Crippen LogP contribution in [0.5, 0.6) is 11.5 Å². The zero-order chi connectivity index (χ0) is 13.1. The molecule has 1 aromatic carbocycles. The molecule has 1 heterocycles. The number of carbonyl (C=O) groups is 1. The van der Waals surface area contributed by atoms with Gasteiger partial charge in [-0.25, -0.2) is 0 Å². The highest BCUT2D eigenvalue weighted by molar-refractivity contribution is 5.67. The van der Waals surface area contributed by atoms with E-state index in [9.17, 15) is 4.79 Å². The molecule has 6 heteroatoms. The first-order chi connectivity index (χ1) is 8.61. The highest BCUT2D eigenvalue weighted by atomic mass is 16.7. The van der Waals surface area contributed by atoms with E-state index in [-0.39, 0.29) is 19.3 Å². The lowest BCUT2D eigenvalue weighted by atomic mass is 9.97. The average Bonchev–Trinajstić information content (AvgIpc) is 2.76. The average molecular weight is 252 g/mol. The van der Waals surface area contributed by atoms with Gasteiger partial charge in [-0.2, -0.15) is 0 Å². The Morgan fingerprint density at radius 3 is 2.89 bits per heavy atom.